The predicted molar refractivity (Wildman–Crippen MR) is 93.3 cm³/mol. The fraction of sp³-hybridized carbons (Fsp3) is 0.125. The van der Waals surface area contributed by atoms with Crippen LogP contribution in [0.5, 0.6) is 5.75 Å². The van der Waals surface area contributed by atoms with Gasteiger partial charge in [0.1, 0.15) is 5.76 Å². The van der Waals surface area contributed by atoms with E-state index in [1.807, 2.05) is 0 Å². The van der Waals surface area contributed by atoms with Crippen molar-refractivity contribution in [2.45, 2.75) is 13.8 Å². The second kappa shape index (κ2) is 6.71. The topological polar surface area (TPSA) is 156 Å². The molecule has 1 aromatic carbocycles. The molecular weight excluding hydrogens is 358 g/mol. The van der Waals surface area contributed by atoms with Crippen LogP contribution >= 0.6 is 0 Å². The van der Waals surface area contributed by atoms with Gasteiger partial charge in [-0.1, -0.05) is 0 Å². The highest BCUT2D eigenvalue weighted by molar-refractivity contribution is 5.48. The number of hydrogen-bond acceptors (Lipinski definition) is 8. The van der Waals surface area contributed by atoms with Crippen molar-refractivity contribution in [3.05, 3.63) is 72.7 Å². The zero-order valence-corrected chi connectivity index (χ0v) is 14.2. The highest BCUT2D eigenvalue weighted by Gasteiger charge is 2.19. The molecule has 2 heterocycles. The van der Waals surface area contributed by atoms with E-state index in [2.05, 4.69) is 15.3 Å². The number of non-ortho nitro benzene ring substituents is 1. The van der Waals surface area contributed by atoms with Crippen molar-refractivity contribution in [3.8, 4) is 11.4 Å². The first-order chi connectivity index (χ1) is 12.8. The average Bonchev–Trinajstić information content (AvgIpc) is 2.86. The Morgan fingerprint density at radius 1 is 1.19 bits per heavy atom. The SMILES string of the molecule is Cc1cc(O)c(-n2[nH]c(C)c(N=Nc3ccc([N+](=O)[O-])cc3)c2=O)c(=O)o1. The van der Waals surface area contributed by atoms with Gasteiger partial charge in [-0.15, -0.1) is 5.11 Å². The van der Waals surface area contributed by atoms with Crippen LogP contribution in [-0.4, -0.2) is 19.8 Å². The molecule has 2 N–H and O–H groups in total. The van der Waals surface area contributed by atoms with Gasteiger partial charge in [0.25, 0.3) is 11.2 Å². The Bertz CT molecular complexity index is 1170. The van der Waals surface area contributed by atoms with Crippen LogP contribution in [-0.2, 0) is 0 Å². The molecular formula is C16H13N5O6. The quantitative estimate of drug-likeness (QED) is 0.408. The van der Waals surface area contributed by atoms with E-state index in [1.54, 1.807) is 0 Å². The molecule has 0 aliphatic carbocycles. The van der Waals surface area contributed by atoms with Gasteiger partial charge in [-0.3, -0.25) is 20.0 Å². The van der Waals surface area contributed by atoms with E-state index in [9.17, 15) is 24.8 Å². The summed E-state index contributed by atoms with van der Waals surface area (Å²) < 4.78 is 5.72. The number of H-pyrrole nitrogens is 1. The lowest BCUT2D eigenvalue weighted by Crippen LogP contribution is -2.21. The van der Waals surface area contributed by atoms with Gasteiger partial charge in [-0.2, -0.15) is 5.11 Å². The summed E-state index contributed by atoms with van der Waals surface area (Å²) in [5.74, 6) is -0.235. The van der Waals surface area contributed by atoms with E-state index >= 15 is 0 Å². The van der Waals surface area contributed by atoms with Gasteiger partial charge in [-0.05, 0) is 26.0 Å². The number of aromatic hydroxyl groups is 1. The molecule has 0 radical (unpaired) electrons. The predicted octanol–water partition coefficient (Wildman–Crippen LogP) is 2.76. The molecule has 11 nitrogen and oxygen atoms in total. The van der Waals surface area contributed by atoms with Gasteiger partial charge in [-0.25, -0.2) is 9.48 Å². The minimum Gasteiger partial charge on any atom is -0.505 e. The van der Waals surface area contributed by atoms with Crippen molar-refractivity contribution < 1.29 is 14.4 Å². The molecule has 0 amide bonds. The summed E-state index contributed by atoms with van der Waals surface area (Å²) in [4.78, 5) is 34.6. The number of nitro groups is 1. The molecule has 0 atom stereocenters. The fourth-order valence-corrected chi connectivity index (χ4v) is 2.36. The number of rotatable bonds is 4. The highest BCUT2D eigenvalue weighted by atomic mass is 16.6. The number of nitro benzene ring substituents is 1. The van der Waals surface area contributed by atoms with E-state index in [0.717, 1.165) is 4.68 Å². The van der Waals surface area contributed by atoms with Gasteiger partial charge in [0.15, 0.2) is 17.1 Å². The Balaban J connectivity index is 2.01. The van der Waals surface area contributed by atoms with Crippen LogP contribution in [0.2, 0.25) is 0 Å². The van der Waals surface area contributed by atoms with Crippen LogP contribution in [0.25, 0.3) is 5.69 Å². The molecule has 0 aliphatic rings. The zero-order chi connectivity index (χ0) is 19.7. The standard InChI is InChI=1S/C16H13N5O6/c1-8-7-12(22)14(16(24)27-8)20-15(23)13(9(2)19-20)18-17-10-3-5-11(6-4-10)21(25)26/h3-7,19,22H,1-2H3. The molecule has 0 aliphatic heterocycles. The van der Waals surface area contributed by atoms with Crippen molar-refractivity contribution in [1.29, 1.82) is 0 Å². The molecule has 3 rings (SSSR count). The van der Waals surface area contributed by atoms with Crippen LogP contribution in [0.1, 0.15) is 11.5 Å². The van der Waals surface area contributed by atoms with E-state index < -0.39 is 21.9 Å². The maximum absolute atomic E-state index is 12.5. The lowest BCUT2D eigenvalue weighted by Gasteiger charge is -2.03. The first kappa shape index (κ1) is 17.8. The molecule has 2 aromatic heterocycles. The largest absolute Gasteiger partial charge is 0.505 e. The monoisotopic (exact) mass is 371 g/mol. The Labute approximate surface area is 150 Å². The molecule has 0 spiro atoms. The van der Waals surface area contributed by atoms with Gasteiger partial charge in [0, 0.05) is 18.2 Å². The third kappa shape index (κ3) is 3.38. The number of nitrogens with zero attached hydrogens (tertiary/aromatic N) is 4. The van der Waals surface area contributed by atoms with Crippen LogP contribution in [0, 0.1) is 24.0 Å². The summed E-state index contributed by atoms with van der Waals surface area (Å²) >= 11 is 0. The second-order valence-corrected chi connectivity index (χ2v) is 5.58. The minimum absolute atomic E-state index is 0.0901. The lowest BCUT2D eigenvalue weighted by atomic mass is 10.3. The van der Waals surface area contributed by atoms with Crippen molar-refractivity contribution in [2.24, 2.45) is 10.2 Å². The van der Waals surface area contributed by atoms with Crippen LogP contribution in [0.15, 0.2) is 54.6 Å². The van der Waals surface area contributed by atoms with Crippen molar-refractivity contribution in [2.75, 3.05) is 0 Å². The number of hydrogen-bond donors (Lipinski definition) is 2. The van der Waals surface area contributed by atoms with Crippen molar-refractivity contribution in [1.82, 2.24) is 9.78 Å². The van der Waals surface area contributed by atoms with E-state index in [-0.39, 0.29) is 22.8 Å². The van der Waals surface area contributed by atoms with E-state index in [1.165, 1.54) is 44.2 Å². The summed E-state index contributed by atoms with van der Waals surface area (Å²) in [5, 5.41) is 31.0. The maximum atomic E-state index is 12.5. The lowest BCUT2D eigenvalue weighted by molar-refractivity contribution is -0.384. The first-order valence-electron chi connectivity index (χ1n) is 7.60. The fourth-order valence-electron chi connectivity index (χ4n) is 2.36. The minimum atomic E-state index is -0.894. The van der Waals surface area contributed by atoms with Gasteiger partial charge in [0.05, 0.1) is 16.3 Å². The third-order valence-corrected chi connectivity index (χ3v) is 3.62. The zero-order valence-electron chi connectivity index (χ0n) is 14.2. The van der Waals surface area contributed by atoms with E-state index in [4.69, 9.17) is 4.42 Å². The number of aryl methyl sites for hydroxylation is 2. The molecule has 27 heavy (non-hydrogen) atoms. The average molecular weight is 371 g/mol. The number of aromatic amines is 1. The summed E-state index contributed by atoms with van der Waals surface area (Å²) in [5.41, 5.74) is -1.58. The molecule has 11 heteroatoms. The highest BCUT2D eigenvalue weighted by Crippen LogP contribution is 2.23. The van der Waals surface area contributed by atoms with E-state index in [0.29, 0.717) is 11.4 Å². The number of benzene rings is 1. The smallest absolute Gasteiger partial charge is 0.366 e. The molecule has 0 saturated carbocycles. The molecule has 138 valence electrons. The summed E-state index contributed by atoms with van der Waals surface area (Å²) in [6, 6.07) is 6.47. The normalized spacial score (nSPS) is 11.2. The Kier molecular flexibility index (Phi) is 4.42. The van der Waals surface area contributed by atoms with Gasteiger partial charge >= 0.3 is 5.63 Å². The van der Waals surface area contributed by atoms with Crippen molar-refractivity contribution >= 4 is 17.1 Å². The number of aromatic nitrogens is 2. The summed E-state index contributed by atoms with van der Waals surface area (Å²) in [6.07, 6.45) is 0. The Morgan fingerprint density at radius 2 is 1.85 bits per heavy atom. The Hall–Kier alpha value is -4.02. The van der Waals surface area contributed by atoms with Gasteiger partial charge in [0.2, 0.25) is 0 Å². The molecule has 3 aromatic rings. The van der Waals surface area contributed by atoms with Crippen molar-refractivity contribution in [3.63, 3.8) is 0 Å². The first-order valence-corrected chi connectivity index (χ1v) is 7.60. The van der Waals surface area contributed by atoms with Crippen LogP contribution < -0.4 is 11.2 Å². The number of nitrogens with one attached hydrogen (secondary N) is 1. The Morgan fingerprint density at radius 3 is 2.44 bits per heavy atom. The molecule has 0 bridgehead atoms. The maximum Gasteiger partial charge on any atom is 0.366 e. The van der Waals surface area contributed by atoms with Crippen LogP contribution in [0.4, 0.5) is 17.1 Å². The molecule has 0 saturated heterocycles. The third-order valence-electron chi connectivity index (χ3n) is 3.62. The summed E-state index contributed by atoms with van der Waals surface area (Å²) in [6.45, 7) is 3.02. The molecule has 0 fully saturated rings. The van der Waals surface area contributed by atoms with Crippen LogP contribution in [0.3, 0.4) is 0 Å². The molecule has 0 unspecified atom stereocenters. The van der Waals surface area contributed by atoms with Gasteiger partial charge < -0.3 is 9.52 Å². The second-order valence-electron chi connectivity index (χ2n) is 5.58. The summed E-state index contributed by atoms with van der Waals surface area (Å²) in [7, 11) is 0. The number of azo groups is 1.